The minimum absolute atomic E-state index is 0. The molecule has 1 fully saturated rings. The van der Waals surface area contributed by atoms with Crippen molar-refractivity contribution in [3.8, 4) is 5.75 Å². The largest absolute Gasteiger partial charge is 1.00 e. The lowest BCUT2D eigenvalue weighted by atomic mass is 10.0. The standard InChI is InChI=1S/C15H20N2O3.ClH/c1-2-4-15-13(3-1)14(5-9-19-15)16-20-12-8-17-6-10-18-11-7-17;/h1-4H,5-12H2;1H/b16-14-;. The molecule has 0 amide bonds. The molecule has 0 saturated carbocycles. The highest BCUT2D eigenvalue weighted by atomic mass is 35.5. The van der Waals surface area contributed by atoms with E-state index in [1.54, 1.807) is 0 Å². The summed E-state index contributed by atoms with van der Waals surface area (Å²) in [4.78, 5) is 7.03. The summed E-state index contributed by atoms with van der Waals surface area (Å²) in [6.45, 7) is 6.16. The second kappa shape index (κ2) is 8.22. The average molecular weight is 313 g/mol. The summed E-state index contributed by atoms with van der Waals surface area (Å²) in [5.74, 6) is 0.903. The first-order chi connectivity index (χ1) is 9.93. The van der Waals surface area contributed by atoms with E-state index in [0.717, 1.165) is 56.3 Å². The normalized spacial score (nSPS) is 20.3. The fourth-order valence-corrected chi connectivity index (χ4v) is 2.54. The van der Waals surface area contributed by atoms with Gasteiger partial charge in [-0.25, -0.2) is 0 Å². The van der Waals surface area contributed by atoms with E-state index in [-0.39, 0.29) is 12.4 Å². The minimum Gasteiger partial charge on any atom is -1.00 e. The van der Waals surface area contributed by atoms with Crippen LogP contribution in [-0.2, 0) is 9.57 Å². The number of fused-ring (bicyclic) bond motifs is 1. The molecule has 0 atom stereocenters. The molecule has 0 aliphatic carbocycles. The van der Waals surface area contributed by atoms with Gasteiger partial charge in [-0.1, -0.05) is 17.3 Å². The molecule has 1 aromatic rings. The molecule has 1 N–H and O–H groups in total. The Balaban J connectivity index is 0.00000161. The third-order valence-electron chi connectivity index (χ3n) is 3.72. The molecule has 3 rings (SSSR count). The minimum atomic E-state index is 0. The number of hydrogen-bond acceptors (Lipinski definition) is 4. The van der Waals surface area contributed by atoms with Gasteiger partial charge in [0.25, 0.3) is 0 Å². The van der Waals surface area contributed by atoms with Crippen LogP contribution < -0.4 is 22.0 Å². The van der Waals surface area contributed by atoms with Gasteiger partial charge in [-0.3, -0.25) is 0 Å². The van der Waals surface area contributed by atoms with Crippen molar-refractivity contribution in [1.82, 2.24) is 0 Å². The fourth-order valence-electron chi connectivity index (χ4n) is 2.54. The number of oxime groups is 1. The maximum atomic E-state index is 5.60. The quantitative estimate of drug-likeness (QED) is 0.479. The molecule has 116 valence electrons. The summed E-state index contributed by atoms with van der Waals surface area (Å²) in [6, 6.07) is 7.98. The zero-order valence-electron chi connectivity index (χ0n) is 12.0. The van der Waals surface area contributed by atoms with E-state index in [9.17, 15) is 0 Å². The number of quaternary nitrogens is 1. The number of ether oxygens (including phenoxy) is 2. The van der Waals surface area contributed by atoms with Crippen LogP contribution in [0.3, 0.4) is 0 Å². The SMILES string of the molecule is [Cl-].c1ccc2c(c1)OCC/C2=N/OCC[NH+]1CCOCC1. The monoisotopic (exact) mass is 312 g/mol. The van der Waals surface area contributed by atoms with Crippen molar-refractivity contribution in [3.05, 3.63) is 29.8 Å². The number of nitrogens with one attached hydrogen (secondary N) is 1. The van der Waals surface area contributed by atoms with Gasteiger partial charge in [-0.05, 0) is 12.1 Å². The first-order valence-corrected chi connectivity index (χ1v) is 7.26. The van der Waals surface area contributed by atoms with Crippen molar-refractivity contribution >= 4 is 5.71 Å². The molecular weight excluding hydrogens is 292 g/mol. The summed E-state index contributed by atoms with van der Waals surface area (Å²) >= 11 is 0. The van der Waals surface area contributed by atoms with E-state index in [1.807, 2.05) is 24.3 Å². The van der Waals surface area contributed by atoms with Crippen LogP contribution in [0.4, 0.5) is 0 Å². The van der Waals surface area contributed by atoms with E-state index in [1.165, 1.54) is 4.90 Å². The van der Waals surface area contributed by atoms with Crippen LogP contribution in [0.5, 0.6) is 5.75 Å². The summed E-state index contributed by atoms with van der Waals surface area (Å²) < 4.78 is 10.9. The topological polar surface area (TPSA) is 44.5 Å². The predicted octanol–water partition coefficient (Wildman–Crippen LogP) is -2.89. The van der Waals surface area contributed by atoms with Gasteiger partial charge < -0.3 is 31.6 Å². The van der Waals surface area contributed by atoms with E-state index in [2.05, 4.69) is 5.16 Å². The van der Waals surface area contributed by atoms with E-state index < -0.39 is 0 Å². The summed E-state index contributed by atoms with van der Waals surface area (Å²) in [7, 11) is 0. The number of benzene rings is 1. The van der Waals surface area contributed by atoms with Gasteiger partial charge in [0.1, 0.15) is 25.4 Å². The molecule has 0 aromatic heterocycles. The van der Waals surface area contributed by atoms with Crippen molar-refractivity contribution in [2.45, 2.75) is 6.42 Å². The van der Waals surface area contributed by atoms with E-state index in [4.69, 9.17) is 14.3 Å². The Morgan fingerprint density at radius 2 is 1.95 bits per heavy atom. The maximum absolute atomic E-state index is 5.60. The second-order valence-electron chi connectivity index (χ2n) is 5.08. The summed E-state index contributed by atoms with van der Waals surface area (Å²) in [5, 5.41) is 4.30. The van der Waals surface area contributed by atoms with Gasteiger partial charge in [-0.15, -0.1) is 0 Å². The number of morpholine rings is 1. The first-order valence-electron chi connectivity index (χ1n) is 7.26. The van der Waals surface area contributed by atoms with Crippen LogP contribution in [0.15, 0.2) is 29.4 Å². The van der Waals surface area contributed by atoms with E-state index in [0.29, 0.717) is 13.2 Å². The van der Waals surface area contributed by atoms with Crippen LogP contribution in [-0.4, -0.2) is 51.8 Å². The van der Waals surface area contributed by atoms with Crippen LogP contribution >= 0.6 is 0 Å². The molecule has 0 bridgehead atoms. The Morgan fingerprint density at radius 1 is 1.14 bits per heavy atom. The Kier molecular flexibility index (Phi) is 6.29. The number of nitrogens with zero attached hydrogens (tertiary/aromatic N) is 1. The highest BCUT2D eigenvalue weighted by Gasteiger charge is 2.17. The fraction of sp³-hybridized carbons (Fsp3) is 0.533. The lowest BCUT2D eigenvalue weighted by molar-refractivity contribution is -0.908. The van der Waals surface area contributed by atoms with Crippen LogP contribution in [0.25, 0.3) is 0 Å². The average Bonchev–Trinajstić information content (AvgIpc) is 2.53. The van der Waals surface area contributed by atoms with Crippen molar-refractivity contribution < 1.29 is 31.6 Å². The molecule has 1 saturated heterocycles. The number of halogens is 1. The molecule has 21 heavy (non-hydrogen) atoms. The van der Waals surface area contributed by atoms with Gasteiger partial charge in [-0.2, -0.15) is 0 Å². The molecule has 0 spiro atoms. The van der Waals surface area contributed by atoms with Gasteiger partial charge >= 0.3 is 0 Å². The van der Waals surface area contributed by atoms with Gasteiger partial charge in [0, 0.05) is 12.0 Å². The van der Waals surface area contributed by atoms with Gasteiger partial charge in [0.2, 0.25) is 0 Å². The Bertz CT molecular complexity index is 476. The van der Waals surface area contributed by atoms with Gasteiger partial charge in [0.05, 0.1) is 25.5 Å². The first kappa shape index (κ1) is 16.1. The third kappa shape index (κ3) is 4.33. The molecule has 2 aliphatic heterocycles. The number of rotatable bonds is 4. The predicted molar refractivity (Wildman–Crippen MR) is 75.4 cm³/mol. The number of para-hydroxylation sites is 1. The molecule has 6 heteroatoms. The zero-order valence-corrected chi connectivity index (χ0v) is 12.8. The summed E-state index contributed by atoms with van der Waals surface area (Å²) in [5.41, 5.74) is 2.04. The molecule has 0 radical (unpaired) electrons. The van der Waals surface area contributed by atoms with E-state index >= 15 is 0 Å². The lowest BCUT2D eigenvalue weighted by Crippen LogP contribution is -3.14. The zero-order chi connectivity index (χ0) is 13.6. The van der Waals surface area contributed by atoms with Gasteiger partial charge in [0.15, 0.2) is 6.61 Å². The highest BCUT2D eigenvalue weighted by Crippen LogP contribution is 2.24. The van der Waals surface area contributed by atoms with Crippen molar-refractivity contribution in [1.29, 1.82) is 0 Å². The van der Waals surface area contributed by atoms with Crippen LogP contribution in [0.2, 0.25) is 0 Å². The van der Waals surface area contributed by atoms with Crippen LogP contribution in [0.1, 0.15) is 12.0 Å². The number of hydrogen-bond donors (Lipinski definition) is 1. The molecule has 0 unspecified atom stereocenters. The molecular formula is C15H21ClN2O3. The summed E-state index contributed by atoms with van der Waals surface area (Å²) in [6.07, 6.45) is 0.807. The molecule has 5 nitrogen and oxygen atoms in total. The van der Waals surface area contributed by atoms with Crippen molar-refractivity contribution in [2.24, 2.45) is 5.16 Å². The molecule has 2 heterocycles. The van der Waals surface area contributed by atoms with Crippen molar-refractivity contribution in [2.75, 3.05) is 46.1 Å². The smallest absolute Gasteiger partial charge is 0.165 e. The Hall–Kier alpha value is -1.30. The third-order valence-corrected chi connectivity index (χ3v) is 3.72. The lowest BCUT2D eigenvalue weighted by Gasteiger charge is -2.23. The maximum Gasteiger partial charge on any atom is 0.165 e. The Morgan fingerprint density at radius 3 is 2.81 bits per heavy atom. The Labute approximate surface area is 131 Å². The molecule has 1 aromatic carbocycles. The molecule has 2 aliphatic rings. The van der Waals surface area contributed by atoms with Crippen molar-refractivity contribution in [3.63, 3.8) is 0 Å². The second-order valence-corrected chi connectivity index (χ2v) is 5.08. The highest BCUT2D eigenvalue weighted by molar-refractivity contribution is 6.03. The van der Waals surface area contributed by atoms with Crippen LogP contribution in [0, 0.1) is 0 Å².